The van der Waals surface area contributed by atoms with Crippen LogP contribution >= 0.6 is 39.1 Å². The molecule has 8 heteroatoms. The molecular formula is C24H29BrCl2N2O3. The second-order valence-electron chi connectivity index (χ2n) is 8.00. The molecule has 0 aromatic heterocycles. The number of carbonyl (C=O) groups is 2. The Morgan fingerprint density at radius 1 is 1.12 bits per heavy atom. The lowest BCUT2D eigenvalue weighted by Crippen LogP contribution is -2.51. The van der Waals surface area contributed by atoms with E-state index in [1.165, 1.54) is 4.90 Å². The van der Waals surface area contributed by atoms with Gasteiger partial charge >= 0.3 is 0 Å². The highest BCUT2D eigenvalue weighted by Crippen LogP contribution is 2.27. The average molecular weight is 544 g/mol. The van der Waals surface area contributed by atoms with Gasteiger partial charge < -0.3 is 15.0 Å². The quantitative estimate of drug-likeness (QED) is 0.416. The van der Waals surface area contributed by atoms with Crippen molar-refractivity contribution < 1.29 is 14.3 Å². The predicted octanol–water partition coefficient (Wildman–Crippen LogP) is 6.08. The molecule has 0 heterocycles. The van der Waals surface area contributed by atoms with Crippen LogP contribution in [0.5, 0.6) is 5.75 Å². The third kappa shape index (κ3) is 7.12. The summed E-state index contributed by atoms with van der Waals surface area (Å²) in [4.78, 5) is 27.6. The molecule has 0 fully saturated rings. The normalized spacial score (nSPS) is 11.9. The van der Waals surface area contributed by atoms with Gasteiger partial charge in [0.2, 0.25) is 5.91 Å². The summed E-state index contributed by atoms with van der Waals surface area (Å²) in [5.74, 6) is 0.0805. The average Bonchev–Trinajstić information content (AvgIpc) is 2.71. The van der Waals surface area contributed by atoms with Crippen molar-refractivity contribution in [2.75, 3.05) is 6.61 Å². The maximum Gasteiger partial charge on any atom is 0.261 e. The van der Waals surface area contributed by atoms with E-state index in [-0.39, 0.29) is 31.0 Å². The van der Waals surface area contributed by atoms with Crippen LogP contribution in [0.3, 0.4) is 0 Å². The molecular weight excluding hydrogens is 515 g/mol. The number of aryl methyl sites for hydroxylation is 2. The number of amides is 2. The van der Waals surface area contributed by atoms with Crippen molar-refractivity contribution in [1.29, 1.82) is 0 Å². The third-order valence-electron chi connectivity index (χ3n) is 4.94. The first-order chi connectivity index (χ1) is 15.0. The molecule has 1 atom stereocenters. The van der Waals surface area contributed by atoms with Gasteiger partial charge in [-0.1, -0.05) is 52.1 Å². The molecule has 0 saturated carbocycles. The van der Waals surface area contributed by atoms with E-state index in [1.807, 2.05) is 46.8 Å². The molecule has 1 N–H and O–H groups in total. The number of ether oxygens (including phenoxy) is 1. The first kappa shape index (κ1) is 26.5. The fraction of sp³-hybridized carbons (Fsp3) is 0.417. The molecule has 0 aliphatic carbocycles. The Morgan fingerprint density at radius 3 is 2.28 bits per heavy atom. The number of rotatable bonds is 9. The van der Waals surface area contributed by atoms with Crippen LogP contribution in [0.4, 0.5) is 0 Å². The SMILES string of the molecule is CC[C@H](C(=O)NC(C)C)N(Cc1ccc(Cl)cc1Cl)C(=O)COc1cc(C)c(Br)c(C)c1. The van der Waals surface area contributed by atoms with E-state index >= 15 is 0 Å². The minimum Gasteiger partial charge on any atom is -0.484 e. The standard InChI is InChI=1S/C24H29BrCl2N2O3/c1-6-21(24(31)28-14(2)3)29(12-17-7-8-18(26)11-20(17)27)22(30)13-32-19-9-15(4)23(25)16(5)10-19/h7-11,14,21H,6,12-13H2,1-5H3,(H,28,31)/t21-/m1/s1. The molecule has 2 rings (SSSR count). The molecule has 2 amide bonds. The van der Waals surface area contributed by atoms with E-state index in [0.717, 1.165) is 15.6 Å². The van der Waals surface area contributed by atoms with Crippen LogP contribution in [0.25, 0.3) is 0 Å². The number of halogens is 3. The monoisotopic (exact) mass is 542 g/mol. The van der Waals surface area contributed by atoms with Gasteiger partial charge in [-0.05, 0) is 75.1 Å². The van der Waals surface area contributed by atoms with Crippen LogP contribution in [0, 0.1) is 13.8 Å². The summed E-state index contributed by atoms with van der Waals surface area (Å²) in [5, 5.41) is 3.85. The van der Waals surface area contributed by atoms with E-state index in [9.17, 15) is 9.59 Å². The first-order valence-corrected chi connectivity index (χ1v) is 12.0. The van der Waals surface area contributed by atoms with Crippen LogP contribution < -0.4 is 10.1 Å². The highest BCUT2D eigenvalue weighted by molar-refractivity contribution is 9.10. The summed E-state index contributed by atoms with van der Waals surface area (Å²) in [6.07, 6.45) is 0.450. The Bertz CT molecular complexity index is 959. The second kappa shape index (κ2) is 11.9. The molecule has 0 radical (unpaired) electrons. The fourth-order valence-electron chi connectivity index (χ4n) is 3.35. The van der Waals surface area contributed by atoms with Gasteiger partial charge in [0.15, 0.2) is 6.61 Å². The van der Waals surface area contributed by atoms with Crippen LogP contribution in [-0.2, 0) is 16.1 Å². The number of carbonyl (C=O) groups excluding carboxylic acids is 2. The Morgan fingerprint density at radius 2 is 1.75 bits per heavy atom. The largest absolute Gasteiger partial charge is 0.484 e. The zero-order valence-electron chi connectivity index (χ0n) is 19.0. The maximum absolute atomic E-state index is 13.3. The lowest BCUT2D eigenvalue weighted by Gasteiger charge is -2.31. The zero-order chi connectivity index (χ0) is 24.0. The van der Waals surface area contributed by atoms with E-state index in [2.05, 4.69) is 21.2 Å². The van der Waals surface area contributed by atoms with Crippen molar-refractivity contribution in [3.63, 3.8) is 0 Å². The van der Waals surface area contributed by atoms with Gasteiger partial charge in [0.25, 0.3) is 5.91 Å². The van der Waals surface area contributed by atoms with E-state index < -0.39 is 6.04 Å². The van der Waals surface area contributed by atoms with Crippen molar-refractivity contribution >= 4 is 50.9 Å². The van der Waals surface area contributed by atoms with E-state index in [1.54, 1.807) is 18.2 Å². The van der Waals surface area contributed by atoms with Gasteiger partial charge in [-0.15, -0.1) is 0 Å². The topological polar surface area (TPSA) is 58.6 Å². The van der Waals surface area contributed by atoms with Crippen molar-refractivity contribution in [3.8, 4) is 5.75 Å². The van der Waals surface area contributed by atoms with Crippen molar-refractivity contribution in [1.82, 2.24) is 10.2 Å². The van der Waals surface area contributed by atoms with Crippen molar-refractivity contribution in [2.24, 2.45) is 0 Å². The number of benzene rings is 2. The van der Waals surface area contributed by atoms with Gasteiger partial charge in [-0.3, -0.25) is 9.59 Å². The Balaban J connectivity index is 2.29. The molecule has 0 bridgehead atoms. The molecule has 0 aliphatic rings. The van der Waals surface area contributed by atoms with Crippen molar-refractivity contribution in [2.45, 2.75) is 59.7 Å². The Hall–Kier alpha value is -1.76. The molecule has 0 aliphatic heterocycles. The fourth-order valence-corrected chi connectivity index (χ4v) is 4.05. The minimum absolute atomic E-state index is 0.0439. The molecule has 32 heavy (non-hydrogen) atoms. The molecule has 0 unspecified atom stereocenters. The number of hydrogen-bond acceptors (Lipinski definition) is 3. The summed E-state index contributed by atoms with van der Waals surface area (Å²) < 4.78 is 6.82. The highest BCUT2D eigenvalue weighted by atomic mass is 79.9. The number of hydrogen-bond donors (Lipinski definition) is 1. The van der Waals surface area contributed by atoms with Gasteiger partial charge in [-0.25, -0.2) is 0 Å². The van der Waals surface area contributed by atoms with Gasteiger partial charge in [0.1, 0.15) is 11.8 Å². The van der Waals surface area contributed by atoms with Crippen LogP contribution in [0.1, 0.15) is 43.9 Å². The molecule has 174 valence electrons. The van der Waals surface area contributed by atoms with Crippen molar-refractivity contribution in [3.05, 3.63) is 61.5 Å². The maximum atomic E-state index is 13.3. The number of nitrogens with one attached hydrogen (secondary N) is 1. The molecule has 5 nitrogen and oxygen atoms in total. The predicted molar refractivity (Wildman–Crippen MR) is 133 cm³/mol. The third-order valence-corrected chi connectivity index (χ3v) is 6.78. The Labute approximate surface area is 208 Å². The summed E-state index contributed by atoms with van der Waals surface area (Å²) in [7, 11) is 0. The molecule has 2 aromatic rings. The minimum atomic E-state index is -0.659. The lowest BCUT2D eigenvalue weighted by molar-refractivity contribution is -0.143. The van der Waals surface area contributed by atoms with Crippen LogP contribution in [0.2, 0.25) is 10.0 Å². The summed E-state index contributed by atoms with van der Waals surface area (Å²) in [6, 6.07) is 8.14. The molecule has 0 saturated heterocycles. The van der Waals surface area contributed by atoms with Crippen LogP contribution in [-0.4, -0.2) is 35.4 Å². The molecule has 2 aromatic carbocycles. The van der Waals surface area contributed by atoms with E-state index in [4.69, 9.17) is 27.9 Å². The van der Waals surface area contributed by atoms with Gasteiger partial charge in [0.05, 0.1) is 0 Å². The highest BCUT2D eigenvalue weighted by Gasteiger charge is 2.29. The molecule has 0 spiro atoms. The zero-order valence-corrected chi connectivity index (χ0v) is 22.1. The summed E-state index contributed by atoms with van der Waals surface area (Å²) in [6.45, 7) is 9.53. The van der Waals surface area contributed by atoms with Crippen LogP contribution in [0.15, 0.2) is 34.8 Å². The second-order valence-corrected chi connectivity index (χ2v) is 9.64. The Kier molecular flexibility index (Phi) is 9.86. The smallest absolute Gasteiger partial charge is 0.261 e. The van der Waals surface area contributed by atoms with Gasteiger partial charge in [0, 0.05) is 27.1 Å². The van der Waals surface area contributed by atoms with E-state index in [0.29, 0.717) is 27.8 Å². The number of nitrogens with zero attached hydrogens (tertiary/aromatic N) is 1. The first-order valence-electron chi connectivity index (χ1n) is 10.5. The van der Waals surface area contributed by atoms with Gasteiger partial charge in [-0.2, -0.15) is 0 Å². The summed E-state index contributed by atoms with van der Waals surface area (Å²) in [5.41, 5.74) is 2.73. The summed E-state index contributed by atoms with van der Waals surface area (Å²) >= 11 is 15.9. The lowest BCUT2D eigenvalue weighted by atomic mass is 10.1.